The fraction of sp³-hybridized carbons (Fsp3) is 0.107. The number of anilines is 3. The van der Waals surface area contributed by atoms with Gasteiger partial charge in [0.2, 0.25) is 0 Å². The molecule has 0 saturated carbocycles. The van der Waals surface area contributed by atoms with Gasteiger partial charge in [0.25, 0.3) is 26.0 Å². The molecule has 0 bridgehead atoms. The fourth-order valence-corrected chi connectivity index (χ4v) is 6.11. The summed E-state index contributed by atoms with van der Waals surface area (Å²) < 4.78 is 56.1. The van der Waals surface area contributed by atoms with Crippen molar-refractivity contribution >= 4 is 54.6 Å². The lowest BCUT2D eigenvalue weighted by molar-refractivity contribution is 0.102. The molecule has 4 aromatic rings. The first-order valence-corrected chi connectivity index (χ1v) is 15.1. The molecule has 202 valence electrons. The Kier molecular flexibility index (Phi) is 8.01. The van der Waals surface area contributed by atoms with Crippen LogP contribution in [-0.4, -0.2) is 22.7 Å². The molecule has 8 nitrogen and oxygen atoms in total. The van der Waals surface area contributed by atoms with E-state index in [0.29, 0.717) is 38.8 Å². The highest BCUT2D eigenvalue weighted by molar-refractivity contribution is 7.93. The summed E-state index contributed by atoms with van der Waals surface area (Å²) in [5.41, 5.74) is 3.53. The van der Waals surface area contributed by atoms with E-state index < -0.39 is 26.0 Å². The van der Waals surface area contributed by atoms with Gasteiger partial charge in [0.15, 0.2) is 0 Å². The van der Waals surface area contributed by atoms with Gasteiger partial charge in [-0.2, -0.15) is 0 Å². The summed E-state index contributed by atoms with van der Waals surface area (Å²) >= 11 is 6.08. The lowest BCUT2D eigenvalue weighted by Gasteiger charge is -2.13. The molecular formula is C28H26ClN3O5S2. The molecule has 0 aliphatic carbocycles. The second-order valence-electron chi connectivity index (χ2n) is 8.94. The number of hydrogen-bond acceptors (Lipinski definition) is 5. The highest BCUT2D eigenvalue weighted by Gasteiger charge is 2.18. The van der Waals surface area contributed by atoms with Crippen molar-refractivity contribution in [2.75, 3.05) is 14.8 Å². The van der Waals surface area contributed by atoms with Gasteiger partial charge in [-0.3, -0.25) is 14.2 Å². The monoisotopic (exact) mass is 583 g/mol. The molecule has 4 aromatic carbocycles. The molecule has 1 amide bonds. The van der Waals surface area contributed by atoms with Crippen LogP contribution in [0.25, 0.3) is 0 Å². The molecule has 39 heavy (non-hydrogen) atoms. The maximum Gasteiger partial charge on any atom is 0.261 e. The van der Waals surface area contributed by atoms with Crippen molar-refractivity contribution in [2.24, 2.45) is 0 Å². The fourth-order valence-electron chi connectivity index (χ4n) is 3.68. The number of nitrogens with one attached hydrogen (secondary N) is 3. The van der Waals surface area contributed by atoms with Crippen LogP contribution < -0.4 is 14.8 Å². The van der Waals surface area contributed by atoms with Crippen LogP contribution in [0.5, 0.6) is 0 Å². The van der Waals surface area contributed by atoms with E-state index >= 15 is 0 Å². The first-order chi connectivity index (χ1) is 18.4. The third-order valence-corrected chi connectivity index (χ3v) is 9.17. The minimum atomic E-state index is -3.88. The van der Waals surface area contributed by atoms with Gasteiger partial charge in [-0.15, -0.1) is 0 Å². The van der Waals surface area contributed by atoms with Crippen molar-refractivity contribution in [3.05, 3.63) is 112 Å². The first-order valence-electron chi connectivity index (χ1n) is 11.8. The predicted octanol–water partition coefficient (Wildman–Crippen LogP) is 6.12. The number of rotatable bonds is 8. The number of carbonyl (C=O) groups is 1. The molecule has 0 atom stereocenters. The smallest absolute Gasteiger partial charge is 0.261 e. The SMILES string of the molecule is Cc1ccc(S(=O)(=O)Nc2ccc(C(=O)Nc3ccc(S(=O)(=O)Nc4cccc(Cl)c4C)cc3)cc2C)cc1. The number of benzene rings is 4. The largest absolute Gasteiger partial charge is 0.322 e. The van der Waals surface area contributed by atoms with Crippen LogP contribution in [0.1, 0.15) is 27.0 Å². The summed E-state index contributed by atoms with van der Waals surface area (Å²) in [6.07, 6.45) is 0. The topological polar surface area (TPSA) is 121 Å². The minimum absolute atomic E-state index is 0.0148. The number of sulfonamides is 2. The zero-order chi connectivity index (χ0) is 28.4. The Morgan fingerprint density at radius 2 is 1.26 bits per heavy atom. The Balaban J connectivity index is 1.44. The zero-order valence-corrected chi connectivity index (χ0v) is 23.7. The van der Waals surface area contributed by atoms with Gasteiger partial charge >= 0.3 is 0 Å². The van der Waals surface area contributed by atoms with Crippen molar-refractivity contribution < 1.29 is 21.6 Å². The Morgan fingerprint density at radius 1 is 0.692 bits per heavy atom. The molecule has 0 heterocycles. The Bertz CT molecular complexity index is 1750. The summed E-state index contributed by atoms with van der Waals surface area (Å²) in [6, 6.07) is 21.7. The normalized spacial score (nSPS) is 11.6. The van der Waals surface area contributed by atoms with Gasteiger partial charge in [-0.25, -0.2) is 16.8 Å². The number of carbonyl (C=O) groups excluding carboxylic acids is 1. The van der Waals surface area contributed by atoms with Crippen LogP contribution in [0.4, 0.5) is 17.1 Å². The summed E-state index contributed by atoms with van der Waals surface area (Å²) in [5.74, 6) is -0.436. The summed E-state index contributed by atoms with van der Waals surface area (Å²) in [7, 11) is -7.66. The Morgan fingerprint density at radius 3 is 1.85 bits per heavy atom. The van der Waals surface area contributed by atoms with E-state index in [-0.39, 0.29) is 9.79 Å². The minimum Gasteiger partial charge on any atom is -0.322 e. The molecule has 0 aromatic heterocycles. The van der Waals surface area contributed by atoms with Gasteiger partial charge in [-0.05, 0) is 98.6 Å². The third kappa shape index (κ3) is 6.59. The molecule has 0 aliphatic heterocycles. The van der Waals surface area contributed by atoms with Crippen LogP contribution in [0.3, 0.4) is 0 Å². The van der Waals surface area contributed by atoms with E-state index in [0.717, 1.165) is 5.56 Å². The molecule has 4 rings (SSSR count). The van der Waals surface area contributed by atoms with Crippen molar-refractivity contribution in [2.45, 2.75) is 30.6 Å². The number of halogens is 1. The number of amides is 1. The summed E-state index contributed by atoms with van der Waals surface area (Å²) in [4.78, 5) is 13.0. The molecule has 0 aliphatic rings. The quantitative estimate of drug-likeness (QED) is 0.231. The van der Waals surface area contributed by atoms with E-state index in [1.807, 2.05) is 6.92 Å². The van der Waals surface area contributed by atoms with Crippen LogP contribution in [0.15, 0.2) is 94.7 Å². The van der Waals surface area contributed by atoms with E-state index in [4.69, 9.17) is 11.6 Å². The molecule has 0 radical (unpaired) electrons. The van der Waals surface area contributed by atoms with E-state index in [2.05, 4.69) is 14.8 Å². The standard InChI is InChI=1S/C28H26ClN3O5S2/c1-18-7-12-23(13-8-18)38(34,35)31-26-16-9-21(17-19(26)2)28(33)30-22-10-14-24(15-11-22)39(36,37)32-27-6-4-5-25(29)20(27)3/h4-17,31-32H,1-3H3,(H,30,33). The van der Waals surface area contributed by atoms with Gasteiger partial charge in [0.1, 0.15) is 0 Å². The lowest BCUT2D eigenvalue weighted by Crippen LogP contribution is -2.16. The van der Waals surface area contributed by atoms with E-state index in [1.165, 1.54) is 48.5 Å². The molecule has 0 unspecified atom stereocenters. The van der Waals surface area contributed by atoms with Crippen LogP contribution in [0.2, 0.25) is 5.02 Å². The van der Waals surface area contributed by atoms with Gasteiger partial charge in [0, 0.05) is 16.3 Å². The average Bonchev–Trinajstić information content (AvgIpc) is 2.88. The van der Waals surface area contributed by atoms with Crippen LogP contribution >= 0.6 is 11.6 Å². The number of aryl methyl sites for hydroxylation is 2. The van der Waals surface area contributed by atoms with Gasteiger partial charge in [-0.1, -0.05) is 35.4 Å². The average molecular weight is 584 g/mol. The van der Waals surface area contributed by atoms with Crippen molar-refractivity contribution in [1.82, 2.24) is 0 Å². The van der Waals surface area contributed by atoms with E-state index in [1.54, 1.807) is 50.2 Å². The van der Waals surface area contributed by atoms with Crippen LogP contribution in [-0.2, 0) is 20.0 Å². The lowest BCUT2D eigenvalue weighted by atomic mass is 10.1. The van der Waals surface area contributed by atoms with Crippen LogP contribution in [0, 0.1) is 20.8 Å². The van der Waals surface area contributed by atoms with Gasteiger partial charge < -0.3 is 5.32 Å². The molecule has 0 spiro atoms. The second-order valence-corrected chi connectivity index (χ2v) is 12.7. The molecule has 0 saturated heterocycles. The molecule has 0 fully saturated rings. The maximum absolute atomic E-state index is 12.8. The summed E-state index contributed by atoms with van der Waals surface area (Å²) in [6.45, 7) is 5.28. The Hall–Kier alpha value is -3.86. The maximum atomic E-state index is 12.8. The second kappa shape index (κ2) is 11.1. The molecular weight excluding hydrogens is 558 g/mol. The first kappa shape index (κ1) is 28.2. The van der Waals surface area contributed by atoms with Crippen molar-refractivity contribution in [3.8, 4) is 0 Å². The third-order valence-electron chi connectivity index (χ3n) is 6.00. The highest BCUT2D eigenvalue weighted by Crippen LogP contribution is 2.26. The van der Waals surface area contributed by atoms with Crippen molar-refractivity contribution in [3.63, 3.8) is 0 Å². The highest BCUT2D eigenvalue weighted by atomic mass is 35.5. The van der Waals surface area contributed by atoms with E-state index in [9.17, 15) is 21.6 Å². The number of hydrogen-bond donors (Lipinski definition) is 3. The predicted molar refractivity (Wildman–Crippen MR) is 155 cm³/mol. The van der Waals surface area contributed by atoms with Crippen molar-refractivity contribution in [1.29, 1.82) is 0 Å². The summed E-state index contributed by atoms with van der Waals surface area (Å²) in [5, 5.41) is 3.16. The Labute approximate surface area is 233 Å². The molecule has 11 heteroatoms. The zero-order valence-electron chi connectivity index (χ0n) is 21.3. The molecule has 3 N–H and O–H groups in total. The van der Waals surface area contributed by atoms with Gasteiger partial charge in [0.05, 0.1) is 21.2 Å².